The second-order valence-electron chi connectivity index (χ2n) is 3.86. The van der Waals surface area contributed by atoms with Crippen molar-refractivity contribution in [3.63, 3.8) is 0 Å². The van der Waals surface area contributed by atoms with Gasteiger partial charge in [-0.3, -0.25) is 9.59 Å². The van der Waals surface area contributed by atoms with E-state index in [1.165, 1.54) is 14.2 Å². The van der Waals surface area contributed by atoms with Crippen LogP contribution in [0.3, 0.4) is 0 Å². The van der Waals surface area contributed by atoms with E-state index in [9.17, 15) is 14.4 Å². The van der Waals surface area contributed by atoms with Crippen LogP contribution in [-0.2, 0) is 23.9 Å². The van der Waals surface area contributed by atoms with E-state index >= 15 is 0 Å². The van der Waals surface area contributed by atoms with Crippen LogP contribution in [0.1, 0.15) is 12.8 Å². The average Bonchev–Trinajstić information content (AvgIpc) is 2.86. The Morgan fingerprint density at radius 2 is 2.00 bits per heavy atom. The van der Waals surface area contributed by atoms with Gasteiger partial charge < -0.3 is 9.47 Å². The molecule has 0 saturated heterocycles. The highest BCUT2D eigenvalue weighted by Gasteiger charge is 2.46. The summed E-state index contributed by atoms with van der Waals surface area (Å²) in [4.78, 5) is 35.1. The number of Topliss-reactive ketones (excluding diaryl/α,β-unsaturated/α-hetero) is 1. The van der Waals surface area contributed by atoms with Gasteiger partial charge in [-0.25, -0.2) is 4.79 Å². The fourth-order valence-corrected chi connectivity index (χ4v) is 2.31. The van der Waals surface area contributed by atoms with Gasteiger partial charge in [0, 0.05) is 0 Å². The molecule has 90 valence electrons. The molecule has 0 spiro atoms. The molecule has 0 radical (unpaired) electrons. The van der Waals surface area contributed by atoms with Crippen molar-refractivity contribution >= 4 is 17.7 Å². The Morgan fingerprint density at radius 1 is 1.29 bits per heavy atom. The van der Waals surface area contributed by atoms with Gasteiger partial charge in [0.2, 0.25) is 0 Å². The third-order valence-electron chi connectivity index (χ3n) is 3.05. The zero-order valence-corrected chi connectivity index (χ0v) is 9.61. The number of hydrogen-bond donors (Lipinski definition) is 0. The van der Waals surface area contributed by atoms with E-state index in [0.717, 1.165) is 6.42 Å². The summed E-state index contributed by atoms with van der Waals surface area (Å²) in [5.74, 6) is -2.79. The average molecular weight is 236 g/mol. The van der Waals surface area contributed by atoms with Crippen molar-refractivity contribution < 1.29 is 23.9 Å². The number of carbonyl (C=O) groups excluding carboxylic acids is 3. The van der Waals surface area contributed by atoms with Crippen LogP contribution in [0.15, 0.2) is 22.8 Å². The Morgan fingerprint density at radius 3 is 2.59 bits per heavy atom. The SMILES string of the molecule is COC(=O)C1=C2CCC=C2C(C(=O)OC)C1=O. The van der Waals surface area contributed by atoms with Gasteiger partial charge in [0.1, 0.15) is 11.5 Å². The van der Waals surface area contributed by atoms with Crippen LogP contribution in [0.4, 0.5) is 0 Å². The molecule has 0 aromatic rings. The van der Waals surface area contributed by atoms with E-state index < -0.39 is 23.6 Å². The molecule has 1 atom stereocenters. The predicted molar refractivity (Wildman–Crippen MR) is 56.9 cm³/mol. The van der Waals surface area contributed by atoms with E-state index in [1.54, 1.807) is 0 Å². The Kier molecular flexibility index (Phi) is 2.83. The van der Waals surface area contributed by atoms with E-state index in [1.807, 2.05) is 6.08 Å². The second kappa shape index (κ2) is 4.16. The molecule has 0 heterocycles. The van der Waals surface area contributed by atoms with Crippen molar-refractivity contribution in [2.75, 3.05) is 14.2 Å². The van der Waals surface area contributed by atoms with Gasteiger partial charge >= 0.3 is 11.9 Å². The minimum Gasteiger partial charge on any atom is -0.468 e. The number of carbonyl (C=O) groups is 3. The molecule has 2 aliphatic rings. The molecular weight excluding hydrogens is 224 g/mol. The molecule has 17 heavy (non-hydrogen) atoms. The lowest BCUT2D eigenvalue weighted by molar-refractivity contribution is -0.146. The smallest absolute Gasteiger partial charge is 0.341 e. The fourth-order valence-electron chi connectivity index (χ4n) is 2.31. The third-order valence-corrected chi connectivity index (χ3v) is 3.05. The first-order chi connectivity index (χ1) is 8.11. The van der Waals surface area contributed by atoms with E-state index in [2.05, 4.69) is 9.47 Å². The number of esters is 2. The maximum Gasteiger partial charge on any atom is 0.341 e. The first-order valence-electron chi connectivity index (χ1n) is 5.25. The Balaban J connectivity index is 2.45. The predicted octanol–water partition coefficient (Wildman–Crippen LogP) is 0.548. The molecule has 0 aromatic carbocycles. The monoisotopic (exact) mass is 236 g/mol. The lowest BCUT2D eigenvalue weighted by Gasteiger charge is -2.07. The third kappa shape index (κ3) is 1.58. The van der Waals surface area contributed by atoms with Crippen molar-refractivity contribution in [2.45, 2.75) is 12.8 Å². The van der Waals surface area contributed by atoms with Gasteiger partial charge in [-0.15, -0.1) is 0 Å². The minimum atomic E-state index is -0.980. The molecule has 0 saturated carbocycles. The Labute approximate surface area is 98.1 Å². The topological polar surface area (TPSA) is 69.7 Å². The molecule has 0 aromatic heterocycles. The zero-order valence-electron chi connectivity index (χ0n) is 9.61. The van der Waals surface area contributed by atoms with Crippen LogP contribution in [0.5, 0.6) is 0 Å². The summed E-state index contributed by atoms with van der Waals surface area (Å²) in [6, 6.07) is 0. The molecule has 5 nitrogen and oxygen atoms in total. The first-order valence-corrected chi connectivity index (χ1v) is 5.25. The molecule has 0 amide bonds. The van der Waals surface area contributed by atoms with Gasteiger partial charge in [0.25, 0.3) is 0 Å². The summed E-state index contributed by atoms with van der Waals surface area (Å²) < 4.78 is 9.17. The second-order valence-corrected chi connectivity index (χ2v) is 3.86. The highest BCUT2D eigenvalue weighted by molar-refractivity contribution is 6.27. The molecule has 1 unspecified atom stereocenters. The van der Waals surface area contributed by atoms with Crippen molar-refractivity contribution in [1.29, 1.82) is 0 Å². The van der Waals surface area contributed by atoms with Crippen LogP contribution in [-0.4, -0.2) is 31.9 Å². The fraction of sp³-hybridized carbons (Fsp3) is 0.417. The molecule has 0 bridgehead atoms. The molecule has 0 N–H and O–H groups in total. The highest BCUT2D eigenvalue weighted by Crippen LogP contribution is 2.41. The van der Waals surface area contributed by atoms with E-state index in [0.29, 0.717) is 17.6 Å². The molecular formula is C12H12O5. The van der Waals surface area contributed by atoms with Gasteiger partial charge in [-0.05, 0) is 24.0 Å². The molecule has 2 rings (SSSR count). The zero-order chi connectivity index (χ0) is 12.6. The largest absolute Gasteiger partial charge is 0.468 e. The molecule has 0 fully saturated rings. The van der Waals surface area contributed by atoms with Crippen LogP contribution in [0.25, 0.3) is 0 Å². The summed E-state index contributed by atoms with van der Waals surface area (Å²) >= 11 is 0. The van der Waals surface area contributed by atoms with Crippen molar-refractivity contribution in [2.24, 2.45) is 5.92 Å². The van der Waals surface area contributed by atoms with Gasteiger partial charge in [0.15, 0.2) is 5.78 Å². The van der Waals surface area contributed by atoms with Crippen LogP contribution in [0.2, 0.25) is 0 Å². The lowest BCUT2D eigenvalue weighted by atomic mass is 9.99. The summed E-state index contributed by atoms with van der Waals surface area (Å²) in [5.41, 5.74) is 1.26. The standard InChI is InChI=1S/C12H12O5/c1-16-11(14)8-6-4-3-5-7(6)9(10(8)13)12(15)17-2/h4,8H,3,5H2,1-2H3. The van der Waals surface area contributed by atoms with Crippen LogP contribution in [0, 0.1) is 5.92 Å². The highest BCUT2D eigenvalue weighted by atomic mass is 16.5. The number of hydrogen-bond acceptors (Lipinski definition) is 5. The van der Waals surface area contributed by atoms with Crippen LogP contribution >= 0.6 is 0 Å². The normalized spacial score (nSPS) is 22.4. The van der Waals surface area contributed by atoms with Crippen molar-refractivity contribution in [1.82, 2.24) is 0 Å². The first kappa shape index (κ1) is 11.6. The molecule has 0 aliphatic heterocycles. The molecule has 2 aliphatic carbocycles. The number of fused-ring (bicyclic) bond motifs is 1. The number of ether oxygens (including phenoxy) is 2. The molecule has 5 heteroatoms. The van der Waals surface area contributed by atoms with Gasteiger partial charge in [0.05, 0.1) is 14.2 Å². The van der Waals surface area contributed by atoms with E-state index in [4.69, 9.17) is 0 Å². The Hall–Kier alpha value is -1.91. The number of rotatable bonds is 2. The van der Waals surface area contributed by atoms with E-state index in [-0.39, 0.29) is 5.57 Å². The van der Waals surface area contributed by atoms with Crippen LogP contribution < -0.4 is 0 Å². The summed E-state index contributed by atoms with van der Waals surface area (Å²) in [7, 11) is 2.44. The lowest BCUT2D eigenvalue weighted by Crippen LogP contribution is -2.25. The minimum absolute atomic E-state index is 0.00616. The van der Waals surface area contributed by atoms with Crippen molar-refractivity contribution in [3.8, 4) is 0 Å². The number of allylic oxidation sites excluding steroid dienone is 2. The summed E-state index contributed by atoms with van der Waals surface area (Å²) in [6.45, 7) is 0. The quantitative estimate of drug-likeness (QED) is 0.398. The van der Waals surface area contributed by atoms with Gasteiger partial charge in [-0.2, -0.15) is 0 Å². The summed E-state index contributed by atoms with van der Waals surface area (Å²) in [5, 5.41) is 0. The number of methoxy groups -OCH3 is 2. The number of ketones is 1. The Bertz CT molecular complexity index is 469. The summed E-state index contributed by atoms with van der Waals surface area (Å²) in [6.07, 6.45) is 3.13. The maximum atomic E-state index is 12.0. The maximum absolute atomic E-state index is 12.0. The van der Waals surface area contributed by atoms with Crippen molar-refractivity contribution in [3.05, 3.63) is 22.8 Å². The van der Waals surface area contributed by atoms with Gasteiger partial charge in [-0.1, -0.05) is 6.08 Å².